The Bertz CT molecular complexity index is 460. The van der Waals surface area contributed by atoms with Gasteiger partial charge in [0.1, 0.15) is 0 Å². The number of hydrogen-bond acceptors (Lipinski definition) is 2. The van der Waals surface area contributed by atoms with Gasteiger partial charge in [-0.15, -0.1) is 0 Å². The van der Waals surface area contributed by atoms with Crippen LogP contribution in [-0.4, -0.2) is 35.8 Å². The fourth-order valence-electron chi connectivity index (χ4n) is 3.16. The Morgan fingerprint density at radius 3 is 1.95 bits per heavy atom. The van der Waals surface area contributed by atoms with Crippen LogP contribution in [0.3, 0.4) is 0 Å². The molecular weight excluding hydrogens is 302 g/mol. The lowest BCUT2D eigenvalue weighted by atomic mass is 9.80. The highest BCUT2D eigenvalue weighted by molar-refractivity contribution is 5.00. The first kappa shape index (κ1) is 14.1. The molecule has 0 aromatic carbocycles. The number of hydrogen-bond donors (Lipinski definition) is 1. The highest BCUT2D eigenvalue weighted by Crippen LogP contribution is 2.53. The first-order chi connectivity index (χ1) is 10.1. The van der Waals surface area contributed by atoms with Crippen LogP contribution in [0.5, 0.6) is 0 Å². The molecule has 0 heterocycles. The fourth-order valence-corrected chi connectivity index (χ4v) is 3.16. The van der Waals surface area contributed by atoms with E-state index in [-0.39, 0.29) is 12.3 Å². The molecule has 5 atom stereocenters. The zero-order chi connectivity index (χ0) is 18.1. The van der Waals surface area contributed by atoms with Crippen LogP contribution < -0.4 is 0 Å². The van der Waals surface area contributed by atoms with Crippen molar-refractivity contribution in [1.29, 1.82) is 0 Å². The number of alkyl halides is 6. The molecule has 21 heavy (non-hydrogen) atoms. The molecule has 2 aliphatic carbocycles. The van der Waals surface area contributed by atoms with Crippen molar-refractivity contribution in [3.63, 3.8) is 0 Å². The highest BCUT2D eigenvalue weighted by Gasteiger charge is 2.71. The van der Waals surface area contributed by atoms with E-state index in [1.807, 2.05) is 0 Å². The number of aliphatic hydroxyl groups is 1. The van der Waals surface area contributed by atoms with Gasteiger partial charge < -0.3 is 9.84 Å². The highest BCUT2D eigenvalue weighted by atomic mass is 19.4. The van der Waals surface area contributed by atoms with Gasteiger partial charge in [-0.2, -0.15) is 26.3 Å². The molecule has 8 heteroatoms. The summed E-state index contributed by atoms with van der Waals surface area (Å²) in [7, 11) is 0. The second-order valence-electron chi connectivity index (χ2n) is 5.85. The Labute approximate surface area is 121 Å². The lowest BCUT2D eigenvalue weighted by molar-refractivity contribution is -0.380. The Morgan fingerprint density at radius 2 is 1.57 bits per heavy atom. The summed E-state index contributed by atoms with van der Waals surface area (Å²) in [5, 5.41) is 9.09. The van der Waals surface area contributed by atoms with Crippen LogP contribution in [0.4, 0.5) is 26.3 Å². The summed E-state index contributed by atoms with van der Waals surface area (Å²) < 4.78 is 96.9. The maximum atomic E-state index is 12.6. The Morgan fingerprint density at radius 1 is 1.05 bits per heavy atom. The number of halogens is 6. The van der Waals surface area contributed by atoms with Crippen LogP contribution >= 0.6 is 0 Å². The van der Waals surface area contributed by atoms with Crippen molar-refractivity contribution in [2.75, 3.05) is 6.61 Å². The number of rotatable bonds is 3. The molecule has 2 fully saturated rings. The average molecular weight is 322 g/mol. The molecule has 124 valence electrons. The quantitative estimate of drug-likeness (QED) is 0.806. The van der Waals surface area contributed by atoms with E-state index in [9.17, 15) is 26.3 Å². The van der Waals surface area contributed by atoms with E-state index in [2.05, 4.69) is 0 Å². The molecule has 2 bridgehead atoms. The van der Waals surface area contributed by atoms with Crippen molar-refractivity contribution in [3.05, 3.63) is 0 Å². The molecule has 0 amide bonds. The van der Waals surface area contributed by atoms with Crippen LogP contribution in [0.2, 0.25) is 0 Å². The van der Waals surface area contributed by atoms with Gasteiger partial charge in [0.2, 0.25) is 0 Å². The molecule has 2 aliphatic rings. The summed E-state index contributed by atoms with van der Waals surface area (Å²) >= 11 is 0. The van der Waals surface area contributed by atoms with Gasteiger partial charge in [0.25, 0.3) is 5.60 Å². The maximum Gasteiger partial charge on any atom is 0.428 e. The van der Waals surface area contributed by atoms with Crippen molar-refractivity contribution in [2.45, 2.75) is 50.7 Å². The number of fused-ring (bicyclic) bond motifs is 2. The third kappa shape index (κ3) is 2.65. The van der Waals surface area contributed by atoms with Crippen molar-refractivity contribution >= 4 is 0 Å². The summed E-state index contributed by atoms with van der Waals surface area (Å²) in [6.45, 7) is 1.03. The summed E-state index contributed by atoms with van der Waals surface area (Å²) in [5.41, 5.74) is -4.94. The summed E-state index contributed by atoms with van der Waals surface area (Å²) in [6.07, 6.45) is -12.4. The molecule has 0 radical (unpaired) electrons. The van der Waals surface area contributed by atoms with Gasteiger partial charge in [-0.3, -0.25) is 0 Å². The fraction of sp³-hybridized carbons (Fsp3) is 1.00. The lowest BCUT2D eigenvalue weighted by Crippen LogP contribution is -2.60. The van der Waals surface area contributed by atoms with E-state index in [1.54, 1.807) is 6.92 Å². The normalized spacial score (nSPS) is 45.7. The predicted molar refractivity (Wildman–Crippen MR) is 61.3 cm³/mol. The molecule has 1 N–H and O–H groups in total. The summed E-state index contributed by atoms with van der Waals surface area (Å²) in [4.78, 5) is 0. The van der Waals surface area contributed by atoms with Crippen LogP contribution in [0.15, 0.2) is 0 Å². The maximum absolute atomic E-state index is 12.6. The first-order valence-corrected chi connectivity index (χ1v) is 6.53. The van der Waals surface area contributed by atoms with Gasteiger partial charge in [-0.25, -0.2) is 0 Å². The average Bonchev–Trinajstić information content (AvgIpc) is 2.83. The molecule has 5 unspecified atom stereocenters. The van der Waals surface area contributed by atoms with E-state index in [4.69, 9.17) is 12.6 Å². The third-order valence-electron chi connectivity index (χ3n) is 4.74. The predicted octanol–water partition coefficient (Wildman–Crippen LogP) is 3.54. The van der Waals surface area contributed by atoms with E-state index in [1.165, 1.54) is 6.92 Å². The van der Waals surface area contributed by atoms with Crippen molar-refractivity contribution < 1.29 is 38.9 Å². The smallest absolute Gasteiger partial charge is 0.374 e. The third-order valence-corrected chi connectivity index (χ3v) is 4.74. The minimum atomic E-state index is -5.92. The molecule has 0 aromatic heterocycles. The largest absolute Gasteiger partial charge is 0.428 e. The van der Waals surface area contributed by atoms with E-state index < -0.39 is 48.4 Å². The topological polar surface area (TPSA) is 29.5 Å². The first-order valence-electron chi connectivity index (χ1n) is 7.53. The van der Waals surface area contributed by atoms with Crippen LogP contribution in [0.25, 0.3) is 0 Å². The van der Waals surface area contributed by atoms with Crippen LogP contribution in [0.1, 0.15) is 29.4 Å². The Kier molecular flexibility index (Phi) is 3.37. The molecule has 0 aliphatic heterocycles. The molecule has 0 spiro atoms. The standard InChI is InChI=1S/C13H18F6O2/c1-6-7(2)9-3-8(6)4-10(9)21-5-11(20,12(14,15)16)13(17,18)19/h6-10,20H,3-5H2,1-2H3/i6D,7D. The minimum absolute atomic E-state index is 0.116. The Hall–Kier alpha value is -0.500. The lowest BCUT2D eigenvalue weighted by Gasteiger charge is -2.36. The van der Waals surface area contributed by atoms with Gasteiger partial charge in [-0.05, 0) is 36.5 Å². The number of ether oxygens (including phenoxy) is 1. The molecule has 2 nitrogen and oxygen atoms in total. The summed E-state index contributed by atoms with van der Waals surface area (Å²) in [6, 6.07) is 0. The molecular formula is C13H18F6O2. The van der Waals surface area contributed by atoms with Gasteiger partial charge in [0.05, 0.1) is 12.7 Å². The van der Waals surface area contributed by atoms with Crippen molar-refractivity contribution in [1.82, 2.24) is 0 Å². The molecule has 2 saturated carbocycles. The minimum Gasteiger partial charge on any atom is -0.374 e. The van der Waals surface area contributed by atoms with Gasteiger partial charge in [0, 0.05) is 2.74 Å². The van der Waals surface area contributed by atoms with Gasteiger partial charge in [0.15, 0.2) is 0 Å². The van der Waals surface area contributed by atoms with Crippen molar-refractivity contribution in [3.8, 4) is 0 Å². The van der Waals surface area contributed by atoms with Gasteiger partial charge >= 0.3 is 12.4 Å². The van der Waals surface area contributed by atoms with Crippen LogP contribution in [0, 0.1) is 23.6 Å². The molecule has 0 aromatic rings. The van der Waals surface area contributed by atoms with Crippen LogP contribution in [-0.2, 0) is 4.74 Å². The van der Waals surface area contributed by atoms with Gasteiger partial charge in [-0.1, -0.05) is 13.8 Å². The van der Waals surface area contributed by atoms with E-state index in [0.717, 1.165) is 0 Å². The Balaban J connectivity index is 2.14. The molecule has 2 rings (SSSR count). The van der Waals surface area contributed by atoms with E-state index in [0.29, 0.717) is 6.42 Å². The van der Waals surface area contributed by atoms with E-state index >= 15 is 0 Å². The second kappa shape index (κ2) is 5.01. The zero-order valence-corrected chi connectivity index (χ0v) is 11.5. The summed E-state index contributed by atoms with van der Waals surface area (Å²) in [5.74, 6) is -3.44. The monoisotopic (exact) mass is 322 g/mol. The SMILES string of the molecule is [2H]C1(C)C2CC(OCC(O)(C(F)(F)F)C(F)(F)F)C(C2)C1([2H])C. The zero-order valence-electron chi connectivity index (χ0n) is 13.5. The van der Waals surface area contributed by atoms with Crippen molar-refractivity contribution in [2.24, 2.45) is 23.6 Å². The second-order valence-corrected chi connectivity index (χ2v) is 5.85. The molecule has 0 saturated heterocycles.